The van der Waals surface area contributed by atoms with Crippen molar-refractivity contribution < 1.29 is 17.0 Å². The first kappa shape index (κ1) is 28.6. The van der Waals surface area contributed by atoms with Gasteiger partial charge in [-0.05, 0) is 69.3 Å². The summed E-state index contributed by atoms with van der Waals surface area (Å²) >= 11 is -0.175. The molecular weight excluding hydrogens is 470 g/mol. The van der Waals surface area contributed by atoms with Crippen molar-refractivity contribution >= 4 is 37.1 Å². The number of nitrogens with zero attached hydrogens (tertiary/aromatic N) is 1. The minimum absolute atomic E-state index is 0.0888. The maximum Gasteiger partial charge on any atom is 0.305 e. The van der Waals surface area contributed by atoms with Gasteiger partial charge in [-0.25, -0.2) is 4.98 Å². The first-order chi connectivity index (χ1) is 15.3. The lowest BCUT2D eigenvalue weighted by Gasteiger charge is -2.42. The van der Waals surface area contributed by atoms with Gasteiger partial charge < -0.3 is 4.43 Å². The number of allylic oxidation sites excluding steroid dienone is 2. The van der Waals surface area contributed by atoms with Gasteiger partial charge in [0.15, 0.2) is 8.32 Å². The third-order valence-electron chi connectivity index (χ3n) is 6.70. The molecule has 1 aromatic heterocycles. The molecule has 0 saturated carbocycles. The molecule has 33 heavy (non-hydrogen) atoms. The summed E-state index contributed by atoms with van der Waals surface area (Å²) in [6.07, 6.45) is 9.38. The summed E-state index contributed by atoms with van der Waals surface area (Å²) in [5, 5.41) is 3.14. The summed E-state index contributed by atoms with van der Waals surface area (Å²) < 4.78 is 30.9. The molecule has 2 rings (SSSR count). The number of hydrogen-bond donors (Lipinski definition) is 0. The van der Waals surface area contributed by atoms with Gasteiger partial charge in [0.05, 0.1) is 16.8 Å². The minimum Gasteiger partial charge on any atom is -0.411 e. The van der Waals surface area contributed by atoms with Gasteiger partial charge in [-0.3, -0.25) is 8.37 Å². The molecule has 0 amide bonds. The van der Waals surface area contributed by atoms with Crippen LogP contribution in [0.25, 0.3) is 6.08 Å². The molecule has 0 radical (unpaired) electrons. The second kappa shape index (κ2) is 12.4. The molecule has 8 heteroatoms. The SMILES string of the molecule is C/C=C\[C@@H](C)CCC[C@@H](O[Si](C)(C)C(C)(C)C)[C@H]1C[C@@H](/C(C)=C/c2csc(C)n2)OS(=O)O1. The van der Waals surface area contributed by atoms with E-state index in [-0.39, 0.29) is 23.4 Å². The quantitative estimate of drug-likeness (QED) is 0.241. The zero-order valence-electron chi connectivity index (χ0n) is 21.8. The van der Waals surface area contributed by atoms with Crippen molar-refractivity contribution in [3.05, 3.63) is 33.8 Å². The van der Waals surface area contributed by atoms with Crippen LogP contribution < -0.4 is 0 Å². The van der Waals surface area contributed by atoms with E-state index in [4.69, 9.17) is 12.8 Å². The van der Waals surface area contributed by atoms with E-state index in [1.54, 1.807) is 11.3 Å². The number of aromatic nitrogens is 1. The molecule has 0 bridgehead atoms. The van der Waals surface area contributed by atoms with Gasteiger partial charge in [0, 0.05) is 11.8 Å². The van der Waals surface area contributed by atoms with Crippen LogP contribution in [0.1, 0.15) is 77.9 Å². The Morgan fingerprint density at radius 2 is 2.06 bits per heavy atom. The zero-order valence-corrected chi connectivity index (χ0v) is 24.5. The van der Waals surface area contributed by atoms with E-state index < -0.39 is 19.7 Å². The van der Waals surface area contributed by atoms with Gasteiger partial charge in [0.2, 0.25) is 0 Å². The van der Waals surface area contributed by atoms with Crippen LogP contribution in [-0.4, -0.2) is 35.8 Å². The fourth-order valence-electron chi connectivity index (χ4n) is 3.70. The largest absolute Gasteiger partial charge is 0.411 e. The fourth-order valence-corrected chi connectivity index (χ4v) is 6.52. The van der Waals surface area contributed by atoms with E-state index in [2.05, 4.69) is 64.8 Å². The Morgan fingerprint density at radius 1 is 1.36 bits per heavy atom. The predicted octanol–water partition coefficient (Wildman–Crippen LogP) is 7.38. The molecule has 1 aliphatic rings. The van der Waals surface area contributed by atoms with Crippen molar-refractivity contribution in [2.24, 2.45) is 5.92 Å². The topological polar surface area (TPSA) is 57.7 Å². The van der Waals surface area contributed by atoms with Gasteiger partial charge in [-0.2, -0.15) is 4.21 Å². The first-order valence-electron chi connectivity index (χ1n) is 12.0. The summed E-state index contributed by atoms with van der Waals surface area (Å²) in [6.45, 7) is 19.6. The van der Waals surface area contributed by atoms with E-state index in [9.17, 15) is 4.21 Å². The van der Waals surface area contributed by atoms with Crippen LogP contribution in [0, 0.1) is 12.8 Å². The molecule has 5 atom stereocenters. The van der Waals surface area contributed by atoms with Crippen molar-refractivity contribution in [1.82, 2.24) is 4.98 Å². The first-order valence-corrected chi connectivity index (χ1v) is 16.8. The third-order valence-corrected chi connectivity index (χ3v) is 12.8. The normalized spacial score (nSPS) is 24.9. The Kier molecular flexibility index (Phi) is 10.7. The molecule has 0 aliphatic carbocycles. The zero-order chi connectivity index (χ0) is 24.8. The van der Waals surface area contributed by atoms with Gasteiger partial charge in [-0.15, -0.1) is 11.3 Å². The molecule has 1 unspecified atom stereocenters. The van der Waals surface area contributed by atoms with Crippen LogP contribution in [0.3, 0.4) is 0 Å². The Morgan fingerprint density at radius 3 is 2.64 bits per heavy atom. The molecule has 0 spiro atoms. The van der Waals surface area contributed by atoms with Crippen molar-refractivity contribution in [1.29, 1.82) is 0 Å². The molecular formula is C25H43NO4S2Si. The van der Waals surface area contributed by atoms with E-state index in [1.165, 1.54) is 0 Å². The highest BCUT2D eigenvalue weighted by atomic mass is 32.2. The van der Waals surface area contributed by atoms with E-state index in [0.29, 0.717) is 12.3 Å². The van der Waals surface area contributed by atoms with Gasteiger partial charge >= 0.3 is 11.4 Å². The average Bonchev–Trinajstić information content (AvgIpc) is 3.10. The van der Waals surface area contributed by atoms with Crippen LogP contribution in [0.4, 0.5) is 0 Å². The molecule has 1 saturated heterocycles. The minimum atomic E-state index is -2.03. The third kappa shape index (κ3) is 8.82. The van der Waals surface area contributed by atoms with E-state index in [1.807, 2.05) is 25.3 Å². The molecule has 1 aromatic rings. The lowest BCUT2D eigenvalue weighted by Crippen LogP contribution is -2.49. The van der Waals surface area contributed by atoms with Crippen LogP contribution >= 0.6 is 11.3 Å². The fraction of sp³-hybridized carbons (Fsp3) is 0.720. The highest BCUT2D eigenvalue weighted by molar-refractivity contribution is 7.75. The summed E-state index contributed by atoms with van der Waals surface area (Å²) in [6, 6.07) is 0. The van der Waals surface area contributed by atoms with Crippen molar-refractivity contribution in [3.63, 3.8) is 0 Å². The number of hydrogen-bond acceptors (Lipinski definition) is 6. The number of rotatable bonds is 10. The standard InChI is InChI=1S/C25H43NO4S2Si/c1-10-12-18(2)13-11-14-22(30-33(8,9)25(5,6)7)24-16-23(28-32(27)29-24)19(3)15-21-17-31-20(4)26-21/h10,12,15,17-18,22-24H,11,13-14,16H2,1-9H3/b12-10-,19-15+/t18-,22-,23+,24-,32?/m1/s1. The lowest BCUT2D eigenvalue weighted by molar-refractivity contribution is -0.00986. The molecule has 5 nitrogen and oxygen atoms in total. The molecule has 1 fully saturated rings. The predicted molar refractivity (Wildman–Crippen MR) is 143 cm³/mol. The van der Waals surface area contributed by atoms with Crippen LogP contribution in [0.5, 0.6) is 0 Å². The second-order valence-corrected chi connectivity index (χ2v) is 17.3. The maximum absolute atomic E-state index is 12.6. The van der Waals surface area contributed by atoms with Gasteiger partial charge in [0.1, 0.15) is 12.2 Å². The summed E-state index contributed by atoms with van der Waals surface area (Å²) in [7, 11) is -2.03. The summed E-state index contributed by atoms with van der Waals surface area (Å²) in [5.41, 5.74) is 1.93. The van der Waals surface area contributed by atoms with Crippen LogP contribution in [-0.2, 0) is 24.2 Å². The average molecular weight is 514 g/mol. The van der Waals surface area contributed by atoms with Crippen LogP contribution in [0.15, 0.2) is 23.1 Å². The van der Waals surface area contributed by atoms with E-state index >= 15 is 0 Å². The number of thiazole rings is 1. The Bertz CT molecular complexity index is 844. The van der Waals surface area contributed by atoms with Gasteiger partial charge in [-0.1, -0.05) is 46.3 Å². The van der Waals surface area contributed by atoms with Crippen LogP contribution in [0.2, 0.25) is 18.1 Å². The van der Waals surface area contributed by atoms with E-state index in [0.717, 1.165) is 35.5 Å². The smallest absolute Gasteiger partial charge is 0.305 e. The second-order valence-electron chi connectivity index (χ2n) is 10.7. The maximum atomic E-state index is 12.6. The monoisotopic (exact) mass is 513 g/mol. The molecule has 2 heterocycles. The van der Waals surface area contributed by atoms with Gasteiger partial charge in [0.25, 0.3) is 0 Å². The van der Waals surface area contributed by atoms with Crippen molar-refractivity contribution in [2.75, 3.05) is 0 Å². The summed E-state index contributed by atoms with van der Waals surface area (Å²) in [4.78, 5) is 4.52. The molecule has 0 N–H and O–H groups in total. The highest BCUT2D eigenvalue weighted by Crippen LogP contribution is 2.39. The lowest BCUT2D eigenvalue weighted by atomic mass is 9.96. The Hall–Kier alpha value is -0.643. The number of aryl methyl sites for hydroxylation is 1. The summed E-state index contributed by atoms with van der Waals surface area (Å²) in [5.74, 6) is 0.535. The highest BCUT2D eigenvalue weighted by Gasteiger charge is 2.43. The molecule has 1 aliphatic heterocycles. The Labute approximate surface area is 209 Å². The molecule has 188 valence electrons. The molecule has 0 aromatic carbocycles. The van der Waals surface area contributed by atoms with Crippen molar-refractivity contribution in [2.45, 2.75) is 111 Å². The Balaban J connectivity index is 2.20. The van der Waals surface area contributed by atoms with Crippen molar-refractivity contribution in [3.8, 4) is 0 Å².